The standard InChI is InChI=1S/C18H27N3/c1-4-7-11-14(5-2)17-16(6-3)18(19)21(20-17)15-12-9-8-10-13-15/h8-10,12-14H,4-7,11,19H2,1-3H3. The van der Waals surface area contributed by atoms with Crippen molar-refractivity contribution in [1.29, 1.82) is 0 Å². The van der Waals surface area contributed by atoms with Gasteiger partial charge in [-0.15, -0.1) is 0 Å². The predicted octanol–water partition coefficient (Wildman–Crippen LogP) is 4.70. The summed E-state index contributed by atoms with van der Waals surface area (Å²) < 4.78 is 1.91. The first kappa shape index (κ1) is 15.6. The van der Waals surface area contributed by atoms with Gasteiger partial charge in [0.2, 0.25) is 0 Å². The number of rotatable bonds is 7. The van der Waals surface area contributed by atoms with E-state index in [1.54, 1.807) is 0 Å². The van der Waals surface area contributed by atoms with E-state index in [4.69, 9.17) is 10.8 Å². The number of nitrogens with zero attached hydrogens (tertiary/aromatic N) is 2. The van der Waals surface area contributed by atoms with Gasteiger partial charge in [-0.25, -0.2) is 4.68 Å². The monoisotopic (exact) mass is 285 g/mol. The van der Waals surface area contributed by atoms with E-state index < -0.39 is 0 Å². The molecule has 1 aromatic carbocycles. The number of aromatic nitrogens is 2. The lowest BCUT2D eigenvalue weighted by Crippen LogP contribution is -2.03. The quantitative estimate of drug-likeness (QED) is 0.801. The molecule has 114 valence electrons. The molecule has 2 aromatic rings. The summed E-state index contributed by atoms with van der Waals surface area (Å²) in [4.78, 5) is 0. The molecular formula is C18H27N3. The van der Waals surface area contributed by atoms with E-state index in [1.165, 1.54) is 30.5 Å². The topological polar surface area (TPSA) is 43.8 Å². The fourth-order valence-corrected chi connectivity index (χ4v) is 2.92. The van der Waals surface area contributed by atoms with Gasteiger partial charge in [-0.05, 0) is 31.4 Å². The van der Waals surface area contributed by atoms with Crippen LogP contribution in [0, 0.1) is 0 Å². The summed E-state index contributed by atoms with van der Waals surface area (Å²) in [7, 11) is 0. The molecule has 0 aliphatic carbocycles. The molecule has 0 saturated carbocycles. The maximum absolute atomic E-state index is 6.37. The van der Waals surface area contributed by atoms with Gasteiger partial charge < -0.3 is 5.73 Å². The zero-order valence-corrected chi connectivity index (χ0v) is 13.5. The summed E-state index contributed by atoms with van der Waals surface area (Å²) in [5.74, 6) is 1.32. The highest BCUT2D eigenvalue weighted by molar-refractivity contribution is 5.51. The summed E-state index contributed by atoms with van der Waals surface area (Å²) in [6.07, 6.45) is 5.74. The third-order valence-corrected chi connectivity index (χ3v) is 4.19. The highest BCUT2D eigenvalue weighted by atomic mass is 15.3. The van der Waals surface area contributed by atoms with E-state index in [9.17, 15) is 0 Å². The fourth-order valence-electron chi connectivity index (χ4n) is 2.92. The summed E-state index contributed by atoms with van der Waals surface area (Å²) in [5.41, 5.74) is 9.84. The van der Waals surface area contributed by atoms with Gasteiger partial charge in [0.15, 0.2) is 0 Å². The first-order chi connectivity index (χ1) is 10.2. The Morgan fingerprint density at radius 2 is 1.86 bits per heavy atom. The molecule has 0 amide bonds. The molecule has 0 saturated heterocycles. The molecule has 2 N–H and O–H groups in total. The van der Waals surface area contributed by atoms with Crippen LogP contribution in [0.1, 0.15) is 63.6 Å². The third kappa shape index (κ3) is 3.29. The minimum Gasteiger partial charge on any atom is -0.383 e. The lowest BCUT2D eigenvalue weighted by Gasteiger charge is -2.13. The Morgan fingerprint density at radius 3 is 2.43 bits per heavy atom. The van der Waals surface area contributed by atoms with Crippen molar-refractivity contribution in [3.63, 3.8) is 0 Å². The second-order valence-corrected chi connectivity index (χ2v) is 5.60. The highest BCUT2D eigenvalue weighted by Crippen LogP contribution is 2.32. The first-order valence-electron chi connectivity index (χ1n) is 8.15. The average molecular weight is 285 g/mol. The van der Waals surface area contributed by atoms with Crippen LogP contribution < -0.4 is 5.73 Å². The number of nitrogen functional groups attached to an aromatic ring is 1. The zero-order chi connectivity index (χ0) is 15.2. The molecule has 1 aromatic heterocycles. The Labute approximate surface area is 128 Å². The molecule has 3 heteroatoms. The van der Waals surface area contributed by atoms with Crippen molar-refractivity contribution in [2.24, 2.45) is 0 Å². The molecule has 0 aliphatic heterocycles. The molecule has 1 unspecified atom stereocenters. The summed E-state index contributed by atoms with van der Waals surface area (Å²) in [6.45, 7) is 6.65. The predicted molar refractivity (Wildman–Crippen MR) is 89.9 cm³/mol. The molecule has 0 spiro atoms. The van der Waals surface area contributed by atoms with Gasteiger partial charge in [-0.1, -0.05) is 51.8 Å². The van der Waals surface area contributed by atoms with Crippen LogP contribution in [0.3, 0.4) is 0 Å². The fraction of sp³-hybridized carbons (Fsp3) is 0.500. The molecule has 1 atom stereocenters. The highest BCUT2D eigenvalue weighted by Gasteiger charge is 2.21. The largest absolute Gasteiger partial charge is 0.383 e. The van der Waals surface area contributed by atoms with Crippen molar-refractivity contribution in [3.05, 3.63) is 41.6 Å². The number of nitrogens with two attached hydrogens (primary N) is 1. The van der Waals surface area contributed by atoms with Gasteiger partial charge in [0, 0.05) is 11.5 Å². The second kappa shape index (κ2) is 7.30. The lowest BCUT2D eigenvalue weighted by atomic mass is 9.92. The van der Waals surface area contributed by atoms with Gasteiger partial charge in [0.25, 0.3) is 0 Å². The minimum atomic E-state index is 0.521. The van der Waals surface area contributed by atoms with Crippen LogP contribution >= 0.6 is 0 Å². The first-order valence-corrected chi connectivity index (χ1v) is 8.15. The SMILES string of the molecule is CCCCC(CC)c1nn(-c2ccccc2)c(N)c1CC. The van der Waals surface area contributed by atoms with Crippen molar-refractivity contribution in [1.82, 2.24) is 9.78 Å². The molecule has 2 rings (SSSR count). The summed E-state index contributed by atoms with van der Waals surface area (Å²) in [5, 5.41) is 4.87. The van der Waals surface area contributed by atoms with Gasteiger partial charge in [0.05, 0.1) is 11.4 Å². The van der Waals surface area contributed by atoms with E-state index in [0.717, 1.165) is 24.3 Å². The van der Waals surface area contributed by atoms with Gasteiger partial charge >= 0.3 is 0 Å². The molecule has 0 fully saturated rings. The van der Waals surface area contributed by atoms with Crippen LogP contribution in [0.5, 0.6) is 0 Å². The number of unbranched alkanes of at least 4 members (excludes halogenated alkanes) is 1. The van der Waals surface area contributed by atoms with Gasteiger partial charge in [0.1, 0.15) is 5.82 Å². The molecule has 0 aliphatic rings. The Hall–Kier alpha value is -1.77. The van der Waals surface area contributed by atoms with Gasteiger partial charge in [-0.2, -0.15) is 5.10 Å². The van der Waals surface area contributed by atoms with E-state index in [0.29, 0.717) is 5.92 Å². The van der Waals surface area contributed by atoms with E-state index >= 15 is 0 Å². The van der Waals surface area contributed by atoms with Crippen LogP contribution in [0.15, 0.2) is 30.3 Å². The number of hydrogen-bond donors (Lipinski definition) is 1. The van der Waals surface area contributed by atoms with Crippen LogP contribution in [-0.4, -0.2) is 9.78 Å². The molecule has 21 heavy (non-hydrogen) atoms. The van der Waals surface area contributed by atoms with Gasteiger partial charge in [-0.3, -0.25) is 0 Å². The Balaban J connectivity index is 2.42. The Bertz CT molecular complexity index is 557. The lowest BCUT2D eigenvalue weighted by molar-refractivity contribution is 0.549. The van der Waals surface area contributed by atoms with Crippen LogP contribution in [0.2, 0.25) is 0 Å². The summed E-state index contributed by atoms with van der Waals surface area (Å²) in [6, 6.07) is 10.2. The van der Waals surface area contributed by atoms with Crippen molar-refractivity contribution in [2.45, 2.75) is 58.8 Å². The smallest absolute Gasteiger partial charge is 0.130 e. The van der Waals surface area contributed by atoms with Crippen molar-refractivity contribution >= 4 is 5.82 Å². The van der Waals surface area contributed by atoms with E-state index in [2.05, 4.69) is 32.9 Å². The Kier molecular flexibility index (Phi) is 5.43. The molecule has 1 heterocycles. The van der Waals surface area contributed by atoms with Crippen LogP contribution in [0.4, 0.5) is 5.82 Å². The van der Waals surface area contributed by atoms with E-state index in [1.807, 2.05) is 22.9 Å². The zero-order valence-electron chi connectivity index (χ0n) is 13.5. The molecule has 3 nitrogen and oxygen atoms in total. The molecular weight excluding hydrogens is 258 g/mol. The minimum absolute atomic E-state index is 0.521. The van der Waals surface area contributed by atoms with Crippen molar-refractivity contribution in [3.8, 4) is 5.69 Å². The number of hydrogen-bond acceptors (Lipinski definition) is 2. The van der Waals surface area contributed by atoms with Crippen molar-refractivity contribution in [2.75, 3.05) is 5.73 Å². The Morgan fingerprint density at radius 1 is 1.14 bits per heavy atom. The molecule has 0 bridgehead atoms. The van der Waals surface area contributed by atoms with Crippen LogP contribution in [0.25, 0.3) is 5.69 Å². The second-order valence-electron chi connectivity index (χ2n) is 5.60. The summed E-state index contributed by atoms with van der Waals surface area (Å²) >= 11 is 0. The van der Waals surface area contributed by atoms with E-state index in [-0.39, 0.29) is 0 Å². The third-order valence-electron chi connectivity index (χ3n) is 4.19. The number of benzene rings is 1. The number of anilines is 1. The maximum atomic E-state index is 6.37. The average Bonchev–Trinajstić information content (AvgIpc) is 2.85. The molecule has 0 radical (unpaired) electrons. The maximum Gasteiger partial charge on any atom is 0.130 e. The van der Waals surface area contributed by atoms with Crippen LogP contribution in [-0.2, 0) is 6.42 Å². The normalized spacial score (nSPS) is 12.5. The number of para-hydroxylation sites is 1. The van der Waals surface area contributed by atoms with Crippen molar-refractivity contribution < 1.29 is 0 Å².